The van der Waals surface area contributed by atoms with Crippen molar-refractivity contribution >= 4 is 27.5 Å². The molecule has 5 nitrogen and oxygen atoms in total. The van der Waals surface area contributed by atoms with Crippen LogP contribution in [0.4, 0.5) is 0 Å². The molecule has 21 heavy (non-hydrogen) atoms. The van der Waals surface area contributed by atoms with Crippen molar-refractivity contribution < 1.29 is 13.2 Å². The Kier molecular flexibility index (Phi) is 5.24. The highest BCUT2D eigenvalue weighted by Crippen LogP contribution is 2.16. The van der Waals surface area contributed by atoms with Gasteiger partial charge in [0, 0.05) is 38.1 Å². The second-order valence-electron chi connectivity index (χ2n) is 5.14. The summed E-state index contributed by atoms with van der Waals surface area (Å²) in [6, 6.07) is 6.82. The van der Waals surface area contributed by atoms with Gasteiger partial charge in [-0.1, -0.05) is 23.7 Å². The fraction of sp³-hybridized carbons (Fsp3) is 0.500. The highest BCUT2D eigenvalue weighted by molar-refractivity contribution is 7.88. The van der Waals surface area contributed by atoms with Crippen LogP contribution < -0.4 is 0 Å². The summed E-state index contributed by atoms with van der Waals surface area (Å²) in [5.74, 6) is -0.0449. The second kappa shape index (κ2) is 6.77. The predicted octanol–water partition coefficient (Wildman–Crippen LogP) is 1.72. The minimum atomic E-state index is -3.37. The number of sulfonamides is 1. The lowest BCUT2D eigenvalue weighted by molar-refractivity contribution is -0.128. The summed E-state index contributed by atoms with van der Waals surface area (Å²) in [7, 11) is -3.37. The number of carbonyl (C=O) groups excluding carboxylic acids is 1. The number of hydrogen-bond acceptors (Lipinski definition) is 3. The summed E-state index contributed by atoms with van der Waals surface area (Å²) in [4.78, 5) is 13.1. The van der Waals surface area contributed by atoms with Crippen LogP contribution in [-0.2, 0) is 20.6 Å². The maximum absolute atomic E-state index is 12.5. The third kappa shape index (κ3) is 4.43. The Bertz CT molecular complexity index is 601. The summed E-state index contributed by atoms with van der Waals surface area (Å²) in [6.45, 7) is 3.39. The van der Waals surface area contributed by atoms with Gasteiger partial charge in [-0.25, -0.2) is 8.42 Å². The van der Waals surface area contributed by atoms with E-state index in [9.17, 15) is 13.2 Å². The van der Waals surface area contributed by atoms with E-state index in [4.69, 9.17) is 11.6 Å². The smallest absolute Gasteiger partial charge is 0.219 e. The Labute approximate surface area is 130 Å². The molecule has 1 aromatic carbocycles. The maximum atomic E-state index is 12.5. The Balaban J connectivity index is 2.05. The number of rotatable bonds is 3. The Morgan fingerprint density at radius 2 is 1.81 bits per heavy atom. The highest BCUT2D eigenvalue weighted by Gasteiger charge is 2.26. The minimum Gasteiger partial charge on any atom is -0.342 e. The van der Waals surface area contributed by atoms with Gasteiger partial charge in [0.1, 0.15) is 0 Å². The van der Waals surface area contributed by atoms with Gasteiger partial charge < -0.3 is 4.90 Å². The van der Waals surface area contributed by atoms with Crippen LogP contribution in [0, 0.1) is 0 Å². The molecule has 0 N–H and O–H groups in total. The molecule has 1 saturated heterocycles. The number of halogens is 1. The van der Waals surface area contributed by atoms with Gasteiger partial charge in [-0.05, 0) is 24.1 Å². The van der Waals surface area contributed by atoms with Gasteiger partial charge in [-0.3, -0.25) is 4.79 Å². The van der Waals surface area contributed by atoms with Crippen molar-refractivity contribution in [1.82, 2.24) is 9.21 Å². The van der Waals surface area contributed by atoms with E-state index in [-0.39, 0.29) is 11.7 Å². The van der Waals surface area contributed by atoms with Crippen LogP contribution in [0.3, 0.4) is 0 Å². The van der Waals surface area contributed by atoms with Crippen molar-refractivity contribution in [2.45, 2.75) is 19.1 Å². The fourth-order valence-electron chi connectivity index (χ4n) is 2.37. The average Bonchev–Trinajstić information content (AvgIpc) is 2.67. The number of hydrogen-bond donors (Lipinski definition) is 0. The minimum absolute atomic E-state index is 0.00745. The molecule has 0 radical (unpaired) electrons. The molecule has 2 rings (SSSR count). The number of benzene rings is 1. The second-order valence-corrected chi connectivity index (χ2v) is 7.55. The molecule has 1 heterocycles. The van der Waals surface area contributed by atoms with Gasteiger partial charge in [0.15, 0.2) is 0 Å². The van der Waals surface area contributed by atoms with E-state index in [0.717, 1.165) is 0 Å². The molecule has 0 unspecified atom stereocenters. The predicted molar refractivity (Wildman–Crippen MR) is 82.5 cm³/mol. The SMILES string of the molecule is CC(=O)N1CCCN(S(=O)(=O)Cc2ccc(Cl)cc2)CC1. The van der Waals surface area contributed by atoms with Crippen LogP contribution in [0.15, 0.2) is 24.3 Å². The van der Waals surface area contributed by atoms with Crippen molar-refractivity contribution in [2.75, 3.05) is 26.2 Å². The quantitative estimate of drug-likeness (QED) is 0.848. The third-order valence-electron chi connectivity index (χ3n) is 3.56. The molecule has 1 aliphatic heterocycles. The molecule has 1 amide bonds. The first-order valence-corrected chi connectivity index (χ1v) is 8.85. The molecule has 0 atom stereocenters. The van der Waals surface area contributed by atoms with Crippen molar-refractivity contribution in [2.24, 2.45) is 0 Å². The lowest BCUT2D eigenvalue weighted by Crippen LogP contribution is -2.37. The summed E-state index contributed by atoms with van der Waals surface area (Å²) in [6.07, 6.45) is 0.666. The summed E-state index contributed by atoms with van der Waals surface area (Å²) < 4.78 is 26.4. The van der Waals surface area contributed by atoms with Gasteiger partial charge >= 0.3 is 0 Å². The zero-order valence-corrected chi connectivity index (χ0v) is 13.5. The Hall–Kier alpha value is -1.11. The summed E-state index contributed by atoms with van der Waals surface area (Å²) in [5.41, 5.74) is 0.715. The Morgan fingerprint density at radius 1 is 1.14 bits per heavy atom. The molecule has 1 fully saturated rings. The van der Waals surface area contributed by atoms with E-state index < -0.39 is 10.0 Å². The molecule has 116 valence electrons. The molecule has 0 spiro atoms. The van der Waals surface area contributed by atoms with Crippen molar-refractivity contribution in [3.8, 4) is 0 Å². The molecule has 0 aromatic heterocycles. The summed E-state index contributed by atoms with van der Waals surface area (Å²) in [5, 5.41) is 0.586. The van der Waals surface area contributed by atoms with E-state index in [0.29, 0.717) is 43.2 Å². The monoisotopic (exact) mass is 330 g/mol. The van der Waals surface area contributed by atoms with Crippen LogP contribution in [0.2, 0.25) is 5.02 Å². The standard InChI is InChI=1S/C14H19ClN2O3S/c1-12(18)16-7-2-8-17(10-9-16)21(19,20)11-13-3-5-14(15)6-4-13/h3-6H,2,7-11H2,1H3. The van der Waals surface area contributed by atoms with Gasteiger partial charge in [0.05, 0.1) is 5.75 Å². The van der Waals surface area contributed by atoms with Gasteiger partial charge in [0.25, 0.3) is 0 Å². The highest BCUT2D eigenvalue weighted by atomic mass is 35.5. The lowest BCUT2D eigenvalue weighted by atomic mass is 10.2. The topological polar surface area (TPSA) is 57.7 Å². The molecule has 7 heteroatoms. The van der Waals surface area contributed by atoms with E-state index in [1.165, 1.54) is 11.2 Å². The largest absolute Gasteiger partial charge is 0.342 e. The molecule has 1 aromatic rings. The normalized spacial score (nSPS) is 17.5. The maximum Gasteiger partial charge on any atom is 0.219 e. The zero-order valence-electron chi connectivity index (χ0n) is 12.0. The number of nitrogens with zero attached hydrogens (tertiary/aromatic N) is 2. The van der Waals surface area contributed by atoms with Gasteiger partial charge in [0.2, 0.25) is 15.9 Å². The first kappa shape index (κ1) is 16.3. The van der Waals surface area contributed by atoms with Gasteiger partial charge in [-0.2, -0.15) is 4.31 Å². The van der Waals surface area contributed by atoms with Crippen LogP contribution >= 0.6 is 11.6 Å². The third-order valence-corrected chi connectivity index (χ3v) is 5.66. The molecule has 0 bridgehead atoms. The first-order valence-electron chi connectivity index (χ1n) is 6.86. The molecule has 0 saturated carbocycles. The molecule has 0 aliphatic carbocycles. The number of amides is 1. The van der Waals surface area contributed by atoms with Crippen LogP contribution in [-0.4, -0.2) is 49.7 Å². The van der Waals surface area contributed by atoms with E-state index in [2.05, 4.69) is 0 Å². The zero-order chi connectivity index (χ0) is 15.5. The molecular weight excluding hydrogens is 312 g/mol. The van der Waals surface area contributed by atoms with E-state index in [1.54, 1.807) is 29.2 Å². The lowest BCUT2D eigenvalue weighted by Gasteiger charge is -2.21. The van der Waals surface area contributed by atoms with Crippen LogP contribution in [0.1, 0.15) is 18.9 Å². The molecule has 1 aliphatic rings. The summed E-state index contributed by atoms with van der Waals surface area (Å²) >= 11 is 5.80. The van der Waals surface area contributed by atoms with Crippen LogP contribution in [0.5, 0.6) is 0 Å². The van der Waals surface area contributed by atoms with E-state index in [1.807, 2.05) is 0 Å². The number of carbonyl (C=O) groups is 1. The van der Waals surface area contributed by atoms with Crippen molar-refractivity contribution in [1.29, 1.82) is 0 Å². The Morgan fingerprint density at radius 3 is 2.43 bits per heavy atom. The van der Waals surface area contributed by atoms with Crippen molar-refractivity contribution in [3.63, 3.8) is 0 Å². The van der Waals surface area contributed by atoms with Gasteiger partial charge in [-0.15, -0.1) is 0 Å². The fourth-order valence-corrected chi connectivity index (χ4v) is 4.06. The average molecular weight is 331 g/mol. The molecular formula is C14H19ClN2O3S. The first-order chi connectivity index (χ1) is 9.88. The van der Waals surface area contributed by atoms with Crippen LogP contribution in [0.25, 0.3) is 0 Å². The van der Waals surface area contributed by atoms with Crippen molar-refractivity contribution in [3.05, 3.63) is 34.9 Å². The van der Waals surface area contributed by atoms with E-state index >= 15 is 0 Å².